The van der Waals surface area contributed by atoms with Gasteiger partial charge in [-0.05, 0) is 13.0 Å². The molecule has 0 N–H and O–H groups in total. The van der Waals surface area contributed by atoms with Gasteiger partial charge in [0.15, 0.2) is 0 Å². The number of hydrogen-bond donors (Lipinski definition) is 0. The van der Waals surface area contributed by atoms with Crippen LogP contribution in [0.5, 0.6) is 11.6 Å². The lowest BCUT2D eigenvalue weighted by atomic mass is 10.1. The van der Waals surface area contributed by atoms with Gasteiger partial charge in [-0.1, -0.05) is 0 Å². The molecule has 7 nitrogen and oxygen atoms in total. The van der Waals surface area contributed by atoms with Gasteiger partial charge in [0.05, 0.1) is 19.0 Å². The van der Waals surface area contributed by atoms with E-state index in [1.54, 1.807) is 19.4 Å². The molecule has 4 rings (SSSR count). The first-order valence-corrected chi connectivity index (χ1v) is 9.33. The Balaban J connectivity index is 1.46. The van der Waals surface area contributed by atoms with E-state index in [0.29, 0.717) is 31.8 Å². The molecule has 3 aromatic rings. The van der Waals surface area contributed by atoms with Crippen molar-refractivity contribution >= 4 is 5.95 Å². The summed E-state index contributed by atoms with van der Waals surface area (Å²) in [5.74, 6) is 0.936. The summed E-state index contributed by atoms with van der Waals surface area (Å²) in [5, 5.41) is 8.55. The number of pyridine rings is 1. The monoisotopic (exact) mass is 401 g/mol. The Morgan fingerprint density at radius 1 is 1.03 bits per heavy atom. The third-order valence-corrected chi connectivity index (χ3v) is 4.86. The first-order valence-electron chi connectivity index (χ1n) is 9.33. The van der Waals surface area contributed by atoms with Gasteiger partial charge in [-0.3, -0.25) is 4.57 Å². The van der Waals surface area contributed by atoms with Crippen molar-refractivity contribution in [2.24, 2.45) is 0 Å². The quantitative estimate of drug-likeness (QED) is 0.654. The maximum atomic E-state index is 13.4. The summed E-state index contributed by atoms with van der Waals surface area (Å²) in [6.45, 7) is 3.25. The highest BCUT2D eigenvalue weighted by Crippen LogP contribution is 2.26. The zero-order valence-corrected chi connectivity index (χ0v) is 16.2. The smallest absolute Gasteiger partial charge is 0.231 e. The van der Waals surface area contributed by atoms with Gasteiger partial charge >= 0.3 is 0 Å². The summed E-state index contributed by atoms with van der Waals surface area (Å²) in [6, 6.07) is 6.92. The van der Waals surface area contributed by atoms with Crippen LogP contribution in [0.2, 0.25) is 0 Å². The predicted octanol–water partition coefficient (Wildman–Crippen LogP) is 3.31. The van der Waals surface area contributed by atoms with Crippen molar-refractivity contribution in [2.75, 3.05) is 25.1 Å². The molecular weight excluding hydrogens is 380 g/mol. The molecule has 0 amide bonds. The molecule has 1 saturated heterocycles. The lowest BCUT2D eigenvalue weighted by molar-refractivity contribution is 0.169. The van der Waals surface area contributed by atoms with Crippen LogP contribution in [0.3, 0.4) is 0 Å². The lowest BCUT2D eigenvalue weighted by Gasteiger charge is -2.32. The number of hydrogen-bond acceptors (Lipinski definition) is 6. The molecule has 0 spiro atoms. The van der Waals surface area contributed by atoms with Crippen molar-refractivity contribution in [3.8, 4) is 17.3 Å². The van der Waals surface area contributed by atoms with Crippen molar-refractivity contribution in [3.05, 3.63) is 54.0 Å². The summed E-state index contributed by atoms with van der Waals surface area (Å²) in [5.41, 5.74) is 0.844. The molecule has 0 saturated carbocycles. The average Bonchev–Trinajstić information content (AvgIpc) is 3.09. The number of piperidine rings is 1. The molecule has 0 radical (unpaired) electrons. The van der Waals surface area contributed by atoms with Crippen molar-refractivity contribution < 1.29 is 18.3 Å². The zero-order chi connectivity index (χ0) is 20.4. The molecule has 1 aliphatic heterocycles. The standard InChI is InChI=1S/C20H21F2N5O2/c1-13-24-25-20(27(13)16-3-4-19(28-2)23-12-16)26-7-5-17(6-8-26)29-18-10-14(21)9-15(22)11-18/h3-4,9-12,17H,5-8H2,1-2H3. The van der Waals surface area contributed by atoms with E-state index in [0.717, 1.165) is 23.5 Å². The number of aromatic nitrogens is 4. The second-order valence-corrected chi connectivity index (χ2v) is 6.85. The number of ether oxygens (including phenoxy) is 2. The zero-order valence-electron chi connectivity index (χ0n) is 16.2. The van der Waals surface area contributed by atoms with E-state index in [1.165, 1.54) is 12.1 Å². The summed E-state index contributed by atoms with van der Waals surface area (Å²) in [4.78, 5) is 6.38. The fourth-order valence-corrected chi connectivity index (χ4v) is 3.45. The third-order valence-electron chi connectivity index (χ3n) is 4.86. The lowest BCUT2D eigenvalue weighted by Crippen LogP contribution is -2.39. The fraction of sp³-hybridized carbons (Fsp3) is 0.350. The van der Waals surface area contributed by atoms with E-state index >= 15 is 0 Å². The summed E-state index contributed by atoms with van der Waals surface area (Å²) >= 11 is 0. The van der Waals surface area contributed by atoms with Gasteiger partial charge in [0.1, 0.15) is 29.3 Å². The first-order chi connectivity index (χ1) is 14.0. The van der Waals surface area contributed by atoms with E-state index in [-0.39, 0.29) is 11.9 Å². The molecule has 9 heteroatoms. The van der Waals surface area contributed by atoms with E-state index in [1.807, 2.05) is 17.6 Å². The molecule has 0 aliphatic carbocycles. The van der Waals surface area contributed by atoms with Crippen molar-refractivity contribution in [2.45, 2.75) is 25.9 Å². The maximum absolute atomic E-state index is 13.4. The van der Waals surface area contributed by atoms with Crippen molar-refractivity contribution in [1.82, 2.24) is 19.7 Å². The van der Waals surface area contributed by atoms with Gasteiger partial charge in [0.25, 0.3) is 0 Å². The Hall–Kier alpha value is -3.23. The summed E-state index contributed by atoms with van der Waals surface area (Å²) in [7, 11) is 1.57. The van der Waals surface area contributed by atoms with E-state index in [2.05, 4.69) is 20.1 Å². The number of anilines is 1. The topological polar surface area (TPSA) is 65.3 Å². The van der Waals surface area contributed by atoms with Crippen LogP contribution in [-0.4, -0.2) is 46.1 Å². The van der Waals surface area contributed by atoms with Gasteiger partial charge in [-0.15, -0.1) is 10.2 Å². The second-order valence-electron chi connectivity index (χ2n) is 6.85. The van der Waals surface area contributed by atoms with Crippen LogP contribution < -0.4 is 14.4 Å². The van der Waals surface area contributed by atoms with E-state index in [9.17, 15) is 8.78 Å². The molecule has 0 bridgehead atoms. The number of halogens is 2. The Bertz CT molecular complexity index is 965. The Kier molecular flexibility index (Phi) is 5.28. The van der Waals surface area contributed by atoms with Crippen LogP contribution in [0.15, 0.2) is 36.5 Å². The Morgan fingerprint density at radius 2 is 1.76 bits per heavy atom. The Morgan fingerprint density at radius 3 is 2.38 bits per heavy atom. The van der Waals surface area contributed by atoms with Crippen LogP contribution in [0.4, 0.5) is 14.7 Å². The van der Waals surface area contributed by atoms with E-state index < -0.39 is 11.6 Å². The largest absolute Gasteiger partial charge is 0.490 e. The number of rotatable bonds is 5. The third kappa shape index (κ3) is 4.13. The number of nitrogens with zero attached hydrogens (tertiary/aromatic N) is 5. The minimum absolute atomic E-state index is 0.118. The van der Waals surface area contributed by atoms with Gasteiger partial charge < -0.3 is 14.4 Å². The SMILES string of the molecule is COc1ccc(-n2c(C)nnc2N2CCC(Oc3cc(F)cc(F)c3)CC2)cn1. The second kappa shape index (κ2) is 8.02. The van der Waals surface area contributed by atoms with Crippen LogP contribution in [0.1, 0.15) is 18.7 Å². The summed E-state index contributed by atoms with van der Waals surface area (Å²) < 4.78 is 39.6. The van der Waals surface area contributed by atoms with Crippen molar-refractivity contribution in [1.29, 1.82) is 0 Å². The molecule has 0 atom stereocenters. The molecule has 1 aromatic carbocycles. The van der Waals surface area contributed by atoms with E-state index in [4.69, 9.17) is 9.47 Å². The van der Waals surface area contributed by atoms with Gasteiger partial charge in [0.2, 0.25) is 11.8 Å². The first kappa shape index (κ1) is 19.1. The Labute approximate surface area is 166 Å². The molecular formula is C20H21F2N5O2. The van der Waals surface area contributed by atoms with Crippen LogP contribution in [0.25, 0.3) is 5.69 Å². The highest BCUT2D eigenvalue weighted by molar-refractivity contribution is 5.44. The highest BCUT2D eigenvalue weighted by Gasteiger charge is 2.25. The molecule has 1 fully saturated rings. The van der Waals surface area contributed by atoms with Gasteiger partial charge in [0, 0.05) is 50.2 Å². The number of aryl methyl sites for hydroxylation is 1. The van der Waals surface area contributed by atoms with Crippen LogP contribution in [-0.2, 0) is 0 Å². The van der Waals surface area contributed by atoms with Crippen LogP contribution in [0, 0.1) is 18.6 Å². The minimum Gasteiger partial charge on any atom is -0.490 e. The normalized spacial score (nSPS) is 14.8. The molecule has 0 unspecified atom stereocenters. The maximum Gasteiger partial charge on any atom is 0.231 e. The molecule has 152 valence electrons. The average molecular weight is 401 g/mol. The van der Waals surface area contributed by atoms with Gasteiger partial charge in [-0.25, -0.2) is 13.8 Å². The predicted molar refractivity (Wildman–Crippen MR) is 103 cm³/mol. The minimum atomic E-state index is -0.644. The fourth-order valence-electron chi connectivity index (χ4n) is 3.45. The number of methoxy groups -OCH3 is 1. The molecule has 29 heavy (non-hydrogen) atoms. The summed E-state index contributed by atoms with van der Waals surface area (Å²) in [6.07, 6.45) is 3.00. The molecule has 1 aliphatic rings. The van der Waals surface area contributed by atoms with Crippen molar-refractivity contribution in [3.63, 3.8) is 0 Å². The highest BCUT2D eigenvalue weighted by atomic mass is 19.1. The number of benzene rings is 1. The molecule has 3 heterocycles. The molecule has 2 aromatic heterocycles. The van der Waals surface area contributed by atoms with Crippen LogP contribution >= 0.6 is 0 Å². The van der Waals surface area contributed by atoms with Gasteiger partial charge in [-0.2, -0.15) is 0 Å².